The lowest BCUT2D eigenvalue weighted by Crippen LogP contribution is -2.25. The Labute approximate surface area is 168 Å². The Balaban J connectivity index is 1.79. The molecule has 0 saturated carbocycles. The maximum absolute atomic E-state index is 5.50. The van der Waals surface area contributed by atoms with Gasteiger partial charge in [-0.3, -0.25) is 0 Å². The molecule has 3 rings (SSSR count). The van der Waals surface area contributed by atoms with Crippen LogP contribution in [0.15, 0.2) is 24.3 Å². The van der Waals surface area contributed by atoms with Crippen molar-refractivity contribution in [2.45, 2.75) is 51.5 Å². The van der Waals surface area contributed by atoms with Crippen LogP contribution in [0.2, 0.25) is 0 Å². The minimum absolute atomic E-state index is 0.470. The molecule has 0 amide bonds. The fourth-order valence-electron chi connectivity index (χ4n) is 4.10. The second-order valence-corrected chi connectivity index (χ2v) is 7.56. The molecule has 0 aliphatic carbocycles. The maximum atomic E-state index is 5.50. The molecule has 1 saturated heterocycles. The van der Waals surface area contributed by atoms with E-state index in [0.717, 1.165) is 42.5 Å². The molecule has 1 fully saturated rings. The fraction of sp³-hybridized carbons (Fsp3) is 0.636. The first-order valence-electron chi connectivity index (χ1n) is 10.5. The van der Waals surface area contributed by atoms with Crippen molar-refractivity contribution in [3.63, 3.8) is 0 Å². The van der Waals surface area contributed by atoms with Crippen molar-refractivity contribution < 1.29 is 9.47 Å². The first-order valence-corrected chi connectivity index (χ1v) is 10.5. The average molecular weight is 387 g/mol. The second-order valence-electron chi connectivity index (χ2n) is 7.56. The van der Waals surface area contributed by atoms with Gasteiger partial charge in [0.05, 0.1) is 20.3 Å². The van der Waals surface area contributed by atoms with Crippen LogP contribution in [0.25, 0.3) is 0 Å². The summed E-state index contributed by atoms with van der Waals surface area (Å²) < 4.78 is 12.9. The fourth-order valence-corrected chi connectivity index (χ4v) is 4.10. The molecule has 0 spiro atoms. The molecular formula is C22H34N4O2. The van der Waals surface area contributed by atoms with Crippen LogP contribution in [0.3, 0.4) is 0 Å². The Hall–Kier alpha value is -1.92. The number of hydrogen-bond acceptors (Lipinski definition) is 5. The molecule has 2 aromatic rings. The van der Waals surface area contributed by atoms with Crippen molar-refractivity contribution in [2.24, 2.45) is 0 Å². The van der Waals surface area contributed by atoms with Gasteiger partial charge in [0.1, 0.15) is 11.6 Å². The number of aromatic nitrogens is 3. The van der Waals surface area contributed by atoms with E-state index in [4.69, 9.17) is 19.6 Å². The highest BCUT2D eigenvalue weighted by atomic mass is 16.5. The third kappa shape index (κ3) is 5.32. The van der Waals surface area contributed by atoms with E-state index < -0.39 is 0 Å². The third-order valence-electron chi connectivity index (χ3n) is 5.52. The topological polar surface area (TPSA) is 52.4 Å². The average Bonchev–Trinajstić information content (AvgIpc) is 2.96. The molecule has 28 heavy (non-hydrogen) atoms. The molecule has 1 atom stereocenters. The Kier molecular flexibility index (Phi) is 7.86. The summed E-state index contributed by atoms with van der Waals surface area (Å²) in [7, 11) is 3.45. The SMILES string of the molecule is CCCN1CCCC(c2nc(Cc3ccccc3OC)nn2CCOC)CC1. The zero-order valence-corrected chi connectivity index (χ0v) is 17.6. The zero-order valence-electron chi connectivity index (χ0n) is 17.6. The molecule has 0 N–H and O–H groups in total. The van der Waals surface area contributed by atoms with Gasteiger partial charge >= 0.3 is 0 Å². The van der Waals surface area contributed by atoms with Crippen LogP contribution >= 0.6 is 0 Å². The van der Waals surface area contributed by atoms with Gasteiger partial charge in [0.25, 0.3) is 0 Å². The smallest absolute Gasteiger partial charge is 0.155 e. The molecule has 0 radical (unpaired) electrons. The number of methoxy groups -OCH3 is 2. The lowest BCUT2D eigenvalue weighted by atomic mass is 10.00. The van der Waals surface area contributed by atoms with Crippen LogP contribution in [0.4, 0.5) is 0 Å². The molecule has 1 aromatic heterocycles. The number of hydrogen-bond donors (Lipinski definition) is 0. The predicted molar refractivity (Wildman–Crippen MR) is 111 cm³/mol. The Morgan fingerprint density at radius 2 is 1.96 bits per heavy atom. The first-order chi connectivity index (χ1) is 13.7. The molecule has 1 aromatic carbocycles. The van der Waals surface area contributed by atoms with Gasteiger partial charge in [-0.25, -0.2) is 9.67 Å². The Morgan fingerprint density at radius 1 is 1.11 bits per heavy atom. The van der Waals surface area contributed by atoms with Crippen molar-refractivity contribution in [3.05, 3.63) is 41.5 Å². The van der Waals surface area contributed by atoms with Crippen molar-refractivity contribution in [1.29, 1.82) is 0 Å². The van der Waals surface area contributed by atoms with E-state index in [1.807, 2.05) is 18.2 Å². The van der Waals surface area contributed by atoms with Crippen molar-refractivity contribution in [3.8, 4) is 5.75 Å². The molecule has 6 heteroatoms. The molecular weight excluding hydrogens is 352 g/mol. The summed E-state index contributed by atoms with van der Waals surface area (Å²) in [4.78, 5) is 7.58. The summed E-state index contributed by atoms with van der Waals surface area (Å²) in [6.07, 6.45) is 5.47. The highest BCUT2D eigenvalue weighted by Crippen LogP contribution is 2.28. The van der Waals surface area contributed by atoms with E-state index in [-0.39, 0.29) is 0 Å². The van der Waals surface area contributed by atoms with Crippen LogP contribution in [0.5, 0.6) is 5.75 Å². The van der Waals surface area contributed by atoms with Gasteiger partial charge in [-0.05, 0) is 51.4 Å². The highest BCUT2D eigenvalue weighted by molar-refractivity contribution is 5.35. The molecule has 2 heterocycles. The van der Waals surface area contributed by atoms with Crippen LogP contribution in [-0.2, 0) is 17.7 Å². The van der Waals surface area contributed by atoms with E-state index >= 15 is 0 Å². The lowest BCUT2D eigenvalue weighted by molar-refractivity contribution is 0.181. The van der Waals surface area contributed by atoms with Gasteiger partial charge in [-0.15, -0.1) is 0 Å². The molecule has 1 aliphatic heterocycles. The minimum atomic E-state index is 0.470. The molecule has 154 valence electrons. The number of ether oxygens (including phenoxy) is 2. The highest BCUT2D eigenvalue weighted by Gasteiger charge is 2.24. The minimum Gasteiger partial charge on any atom is -0.496 e. The van der Waals surface area contributed by atoms with E-state index in [1.54, 1.807) is 14.2 Å². The number of rotatable bonds is 9. The zero-order chi connectivity index (χ0) is 19.8. The number of likely N-dealkylation sites (tertiary alicyclic amines) is 1. The molecule has 1 unspecified atom stereocenters. The quantitative estimate of drug-likeness (QED) is 0.660. The van der Waals surface area contributed by atoms with E-state index in [0.29, 0.717) is 18.9 Å². The molecule has 6 nitrogen and oxygen atoms in total. The largest absolute Gasteiger partial charge is 0.496 e. The van der Waals surface area contributed by atoms with Crippen LogP contribution in [-0.4, -0.2) is 60.1 Å². The maximum Gasteiger partial charge on any atom is 0.155 e. The number of nitrogens with zero attached hydrogens (tertiary/aromatic N) is 4. The van der Waals surface area contributed by atoms with Crippen LogP contribution in [0.1, 0.15) is 55.7 Å². The second kappa shape index (κ2) is 10.6. The summed E-state index contributed by atoms with van der Waals surface area (Å²) in [5, 5.41) is 4.84. The molecule has 0 bridgehead atoms. The summed E-state index contributed by atoms with van der Waals surface area (Å²) in [5.74, 6) is 3.35. The normalized spacial score (nSPS) is 18.2. The van der Waals surface area contributed by atoms with Gasteiger partial charge in [-0.2, -0.15) is 5.10 Å². The lowest BCUT2D eigenvalue weighted by Gasteiger charge is -2.19. The monoisotopic (exact) mass is 386 g/mol. The predicted octanol–water partition coefficient (Wildman–Crippen LogP) is 3.50. The van der Waals surface area contributed by atoms with Crippen molar-refractivity contribution in [2.75, 3.05) is 40.5 Å². The number of para-hydroxylation sites is 1. The summed E-state index contributed by atoms with van der Waals surface area (Å²) in [6.45, 7) is 7.21. The van der Waals surface area contributed by atoms with E-state index in [9.17, 15) is 0 Å². The van der Waals surface area contributed by atoms with E-state index in [2.05, 4.69) is 22.6 Å². The number of benzene rings is 1. The molecule has 1 aliphatic rings. The summed E-state index contributed by atoms with van der Waals surface area (Å²) >= 11 is 0. The third-order valence-corrected chi connectivity index (χ3v) is 5.52. The summed E-state index contributed by atoms with van der Waals surface area (Å²) in [6, 6.07) is 8.11. The van der Waals surface area contributed by atoms with Crippen LogP contribution < -0.4 is 4.74 Å². The standard InChI is InChI=1S/C22H34N4O2/c1-4-12-25-13-7-9-18(11-14-25)22-23-21(24-26(22)15-16-27-2)17-19-8-5-6-10-20(19)28-3/h5-6,8,10,18H,4,7,9,11-17H2,1-3H3. The van der Waals surface area contributed by atoms with E-state index in [1.165, 1.54) is 32.4 Å². The van der Waals surface area contributed by atoms with Crippen molar-refractivity contribution >= 4 is 0 Å². The van der Waals surface area contributed by atoms with Gasteiger partial charge in [0, 0.05) is 25.0 Å². The van der Waals surface area contributed by atoms with Gasteiger partial charge in [0.2, 0.25) is 0 Å². The Bertz CT molecular complexity index is 731. The van der Waals surface area contributed by atoms with Crippen molar-refractivity contribution in [1.82, 2.24) is 19.7 Å². The Morgan fingerprint density at radius 3 is 2.75 bits per heavy atom. The summed E-state index contributed by atoms with van der Waals surface area (Å²) in [5.41, 5.74) is 1.12. The van der Waals surface area contributed by atoms with Gasteiger partial charge in [-0.1, -0.05) is 25.1 Å². The van der Waals surface area contributed by atoms with Crippen LogP contribution in [0, 0.1) is 0 Å². The van der Waals surface area contributed by atoms with Gasteiger partial charge in [0.15, 0.2) is 5.82 Å². The first kappa shape index (κ1) is 20.8. The van der Waals surface area contributed by atoms with Gasteiger partial charge < -0.3 is 14.4 Å².